The molecule has 12 N–H and O–H groups in total. The quantitative estimate of drug-likeness (QED) is 0.00350. The molecule has 756 valence electrons. The predicted molar refractivity (Wildman–Crippen MR) is 533 cm³/mol. The SMILES string of the molecule is CC(C)(C)OC(=O)NCCc1c[nH]c2cnccc12.CC(C)(C)OC(=O)OC(=O)OC(C)(C)C.COc1cccc(S(=O)(=O)n2cc(CCN)c3ccncc32)c1.COc1cccc(S(=O)(=O)n2cc(CCNC(=O)OC(C)(C)C)c3ccncc32)c1.NC(=O)C(=O)c1c[nH]c2cnccc12.NCCc1c[nH]c2cnccc12.O=CC(F)(F)F.O=[N+]([O-])c1cccnc1.[AlH3].[Br-].[CH-]=C.[H-].[Li+].[Mg+2].c1cc2cc[nH]c2cn1. The number of halogens is 4. The number of nitro groups is 1. The number of amides is 3. The summed E-state index contributed by atoms with van der Waals surface area (Å²) in [6, 6.07) is 28.8. The number of nitrogens with one attached hydrogen (secondary N) is 6. The minimum absolute atomic E-state index is 0. The van der Waals surface area contributed by atoms with Crippen LogP contribution < -0.4 is 73.2 Å². The van der Waals surface area contributed by atoms with Crippen molar-refractivity contribution in [3.63, 3.8) is 0 Å². The number of fused-ring (bicyclic) bond motifs is 6. The molecule has 0 aliphatic rings. The van der Waals surface area contributed by atoms with E-state index in [-0.39, 0.29) is 105 Å². The molecule has 0 saturated carbocycles. The summed E-state index contributed by atoms with van der Waals surface area (Å²) in [6.45, 7) is 29.9. The Balaban J connectivity index is 0.000000831. The topological polar surface area (TPSA) is 561 Å². The summed E-state index contributed by atoms with van der Waals surface area (Å²) in [6.07, 6.45) is 27.4. The Bertz CT molecular complexity index is 6800. The number of methoxy groups -OCH3 is 2. The number of carbonyl (C=O) groups is 7. The Labute approximate surface area is 874 Å². The molecule has 15 aromatic rings. The molecule has 0 atom stereocenters. The van der Waals surface area contributed by atoms with Crippen molar-refractivity contribution in [1.82, 2.24) is 73.4 Å². The fraction of sp³-hybridized carbons (Fsp3) is 0.284. The molecular weight excluding hydrogens is 1990 g/mol. The van der Waals surface area contributed by atoms with E-state index in [4.69, 9.17) is 50.4 Å². The number of ketones is 1. The number of rotatable bonds is 19. The van der Waals surface area contributed by atoms with Gasteiger partial charge in [0.15, 0.2) is 17.4 Å². The smallest absolute Gasteiger partial charge is 1.00 e. The largest absolute Gasteiger partial charge is 2.00 e. The number of primary amides is 1. The summed E-state index contributed by atoms with van der Waals surface area (Å²) < 4.78 is 121. The van der Waals surface area contributed by atoms with Gasteiger partial charge in [-0.15, -0.1) is 0 Å². The number of aldehydes is 1. The number of ether oxygens (including phenoxy) is 7. The summed E-state index contributed by atoms with van der Waals surface area (Å²) in [4.78, 5) is 126. The molecule has 0 saturated heterocycles. The van der Waals surface area contributed by atoms with Gasteiger partial charge in [-0.2, -0.15) is 13.2 Å². The van der Waals surface area contributed by atoms with Crippen LogP contribution in [0.15, 0.2) is 243 Å². The number of aromatic amines is 4. The van der Waals surface area contributed by atoms with E-state index in [1.54, 1.807) is 179 Å². The summed E-state index contributed by atoms with van der Waals surface area (Å²) in [5.74, 6) is -0.708. The molecule has 0 aliphatic carbocycles. The van der Waals surface area contributed by atoms with Gasteiger partial charge >= 0.3 is 72.6 Å². The van der Waals surface area contributed by atoms with Crippen molar-refractivity contribution < 1.29 is 139 Å². The summed E-state index contributed by atoms with van der Waals surface area (Å²) in [7, 11) is -4.62. The fourth-order valence-corrected chi connectivity index (χ4v) is 14.9. The first kappa shape index (κ1) is 126. The number of pyridine rings is 7. The summed E-state index contributed by atoms with van der Waals surface area (Å²) in [5.41, 5.74) is 22.9. The first-order valence-corrected chi connectivity index (χ1v) is 45.0. The van der Waals surface area contributed by atoms with Crippen LogP contribution in [0.2, 0.25) is 0 Å². The van der Waals surface area contributed by atoms with Gasteiger partial charge < -0.3 is 106 Å². The molecule has 0 unspecified atom stereocenters. The van der Waals surface area contributed by atoms with E-state index in [0.717, 1.165) is 62.2 Å². The van der Waals surface area contributed by atoms with Crippen LogP contribution in [0.1, 0.15) is 117 Å². The zero-order chi connectivity index (χ0) is 103. The van der Waals surface area contributed by atoms with Crippen LogP contribution in [-0.4, -0.2) is 236 Å². The second-order valence-corrected chi connectivity index (χ2v) is 36.5. The monoisotopic (exact) mass is 2100 g/mol. The number of nitrogens with two attached hydrogens (primary N) is 3. The molecule has 39 nitrogen and oxygen atoms in total. The van der Waals surface area contributed by atoms with Crippen molar-refractivity contribution in [2.75, 3.05) is 40.4 Å². The van der Waals surface area contributed by atoms with Gasteiger partial charge in [-0.1, -0.05) is 12.1 Å². The maximum Gasteiger partial charge on any atom is 2.00 e. The molecule has 15 rings (SSSR count). The average Bonchev–Trinajstić information content (AvgIpc) is 1.61. The number of aromatic nitrogens is 13. The summed E-state index contributed by atoms with van der Waals surface area (Å²) in [5, 5.41) is 21.3. The maximum absolute atomic E-state index is 13.3. The number of Topliss-reactive ketones (excluding diaryl/α,β-unsaturated/α-hetero) is 1. The van der Waals surface area contributed by atoms with Crippen molar-refractivity contribution in [2.45, 2.75) is 147 Å². The third-order valence-electron chi connectivity index (χ3n) is 17.8. The Morgan fingerprint density at radius 3 is 1.24 bits per heavy atom. The number of hydrogen-bond acceptors (Lipinski definition) is 29. The van der Waals surface area contributed by atoms with Gasteiger partial charge in [0.1, 0.15) is 40.1 Å². The van der Waals surface area contributed by atoms with Crippen LogP contribution in [0.5, 0.6) is 11.5 Å². The van der Waals surface area contributed by atoms with E-state index in [9.17, 15) is 68.9 Å². The van der Waals surface area contributed by atoms with Crippen LogP contribution in [0.4, 0.5) is 38.0 Å². The third-order valence-corrected chi connectivity index (χ3v) is 21.2. The molecule has 3 amide bonds. The Kier molecular flexibility index (Phi) is 52.2. The van der Waals surface area contributed by atoms with Crippen LogP contribution in [0.3, 0.4) is 0 Å². The average molecular weight is 2100 g/mol. The maximum atomic E-state index is 13.3. The van der Waals surface area contributed by atoms with Crippen LogP contribution in [0.25, 0.3) is 65.4 Å². The number of nitrogens with zero attached hydrogens (tertiary/aromatic N) is 10. The molecule has 48 heteroatoms. The van der Waals surface area contributed by atoms with Gasteiger partial charge in [0, 0.05) is 144 Å². The zero-order valence-corrected chi connectivity index (χ0v) is 85.4. The van der Waals surface area contributed by atoms with Gasteiger partial charge in [0.2, 0.25) is 6.29 Å². The molecule has 0 spiro atoms. The molecular formula is C95H115AlBrF3LiMgN19O20S2. The minimum Gasteiger partial charge on any atom is -1.00 e. The summed E-state index contributed by atoms with van der Waals surface area (Å²) >= 11 is 0. The molecule has 0 aliphatic heterocycles. The van der Waals surface area contributed by atoms with Crippen LogP contribution >= 0.6 is 0 Å². The number of hydrogen-bond donors (Lipinski definition) is 9. The molecule has 0 radical (unpaired) electrons. The van der Waals surface area contributed by atoms with Crippen molar-refractivity contribution in [1.29, 1.82) is 0 Å². The molecule has 2 aromatic carbocycles. The van der Waals surface area contributed by atoms with E-state index in [0.29, 0.717) is 72.5 Å². The molecule has 0 bridgehead atoms. The fourth-order valence-electron chi connectivity index (χ4n) is 12.0. The normalized spacial score (nSPS) is 10.8. The number of alkyl carbamates (subject to hydrolysis) is 2. The van der Waals surface area contributed by atoms with Gasteiger partial charge in [-0.3, -0.25) is 66.0 Å². The molecule has 0 fully saturated rings. The van der Waals surface area contributed by atoms with Crippen molar-refractivity contribution >= 4 is 174 Å². The number of carbonyl (C=O) groups excluding carboxylic acids is 7. The predicted octanol–water partition coefficient (Wildman–Crippen LogP) is 8.39. The molecule has 143 heavy (non-hydrogen) atoms. The van der Waals surface area contributed by atoms with Crippen molar-refractivity contribution in [3.05, 3.63) is 278 Å². The first-order chi connectivity index (χ1) is 65.6. The van der Waals surface area contributed by atoms with Crippen molar-refractivity contribution in [2.24, 2.45) is 17.2 Å². The standard InChI is InChI=1S/C21H25N3O5S.C16H17N3O3S.C14H19N3O2.C10H18O5.C9H7N3O2.C9H11N3.C7H6N2.C5H4N2O2.C2HF3O.C2H3.Al.BrH.Li.Mg.4H/c1-21(2,3)29-20(25)23-11-8-15-14-24(19-13-22-10-9-18(15)19)30(26,27)17-7-5-6-16(12-17)28-4;1-22-13-3-2-4-14(9-13)23(20,21)19-11-12(5-7-17)15-6-8-18-10-16(15)19;1-14(2,3)19-13(18)16-7-4-10-8-17-12-9-15-6-5-11(10)12;1-9(2,3)14-7(11)13-8(12)15-10(4,5)6;10-9(14)8(13)6-3-12-7-4-11-2-1-5(6)7;10-3-1-7-5-12-9-6-11-4-2-8(7)9;1-3-8-5-7-6(1)2-4-9-7;8-7(9)5-2-1-3-6-4-5;3-2(4,5)1-6;1-2;;;;;;;;/h5-7,9-10,12-14H,8,11H2,1-4H3,(H,23,25);2-4,6,8-11H,5,7,17H2,1H3;5-6,8-9,17H,4,7H2,1-3H3,(H,16,18);1-6H3;1-4,12H,(H2,10,14);2,4-6,12H,1,3,10H2;1-5,9H;1-4H;1H;1H,2H2;;1H;;;;;;/q;;;;;;;;;-1;;;+1;+2;;;;-1/p-1. The number of alkyl halides is 3. The first-order valence-electron chi connectivity index (χ1n) is 42.1. The molecule has 13 aromatic heterocycles. The Morgan fingerprint density at radius 2 is 0.867 bits per heavy atom. The van der Waals surface area contributed by atoms with E-state index < -0.39 is 89.9 Å². The van der Waals surface area contributed by atoms with Gasteiger partial charge in [-0.05, 0) is 217 Å². The Morgan fingerprint density at radius 1 is 0.503 bits per heavy atom. The zero-order valence-electron chi connectivity index (χ0n) is 81.8. The van der Waals surface area contributed by atoms with E-state index in [1.807, 2.05) is 76.0 Å². The molecule has 13 heterocycles. The second kappa shape index (κ2) is 59.5. The van der Waals surface area contributed by atoms with E-state index in [1.165, 1.54) is 93.6 Å². The van der Waals surface area contributed by atoms with Gasteiger partial charge in [-0.25, -0.2) is 44.0 Å². The minimum atomic E-state index is -4.64. The van der Waals surface area contributed by atoms with E-state index >= 15 is 0 Å². The Hall–Kier alpha value is -13.5. The van der Waals surface area contributed by atoms with Crippen molar-refractivity contribution in [3.8, 4) is 11.5 Å². The number of benzene rings is 2. The number of H-pyrrole nitrogens is 4. The van der Waals surface area contributed by atoms with Gasteiger partial charge in [0.25, 0.3) is 37.4 Å². The second-order valence-electron chi connectivity index (χ2n) is 32.9. The third kappa shape index (κ3) is 41.6. The van der Waals surface area contributed by atoms with Gasteiger partial charge in [0.05, 0.1) is 105 Å². The van der Waals surface area contributed by atoms with E-state index in [2.05, 4.69) is 83.4 Å². The van der Waals surface area contributed by atoms with Crippen LogP contribution in [-0.2, 0) is 79.0 Å². The van der Waals surface area contributed by atoms with Crippen LogP contribution in [0, 0.1) is 16.7 Å².